The zero-order valence-electron chi connectivity index (χ0n) is 17.5. The van der Waals surface area contributed by atoms with Crippen molar-refractivity contribution in [3.05, 3.63) is 47.7 Å². The monoisotopic (exact) mass is 436 g/mol. The molecule has 3 aliphatic rings. The first-order valence-electron chi connectivity index (χ1n) is 10.8. The largest absolute Gasteiger partial charge is 0.479 e. The third-order valence-electron chi connectivity index (χ3n) is 5.94. The van der Waals surface area contributed by atoms with Crippen LogP contribution >= 0.6 is 0 Å². The highest BCUT2D eigenvalue weighted by atomic mass is 16.5. The average molecular weight is 436 g/mol. The Labute approximate surface area is 185 Å². The van der Waals surface area contributed by atoms with E-state index in [4.69, 9.17) is 15.2 Å². The smallest absolute Gasteiger partial charge is 0.268 e. The minimum Gasteiger partial charge on any atom is -0.479 e. The molecular formula is C23H24N4O5. The van der Waals surface area contributed by atoms with Crippen LogP contribution in [-0.2, 0) is 16.1 Å². The van der Waals surface area contributed by atoms with Crippen molar-refractivity contribution in [2.75, 3.05) is 24.6 Å². The second-order valence-corrected chi connectivity index (χ2v) is 8.44. The summed E-state index contributed by atoms with van der Waals surface area (Å²) in [5, 5.41) is 0. The second-order valence-electron chi connectivity index (χ2n) is 8.44. The van der Waals surface area contributed by atoms with Crippen LogP contribution in [0.25, 0.3) is 0 Å². The van der Waals surface area contributed by atoms with Gasteiger partial charge in [0.1, 0.15) is 5.75 Å². The first-order valence-corrected chi connectivity index (χ1v) is 10.8. The Kier molecular flexibility index (Phi) is 5.16. The Balaban J connectivity index is 1.23. The van der Waals surface area contributed by atoms with E-state index in [2.05, 4.69) is 4.98 Å². The number of carbonyl (C=O) groups excluding carboxylic acids is 3. The molecule has 0 spiro atoms. The normalized spacial score (nSPS) is 19.9. The van der Waals surface area contributed by atoms with Crippen LogP contribution < -0.4 is 20.1 Å². The number of hydrogen-bond acceptors (Lipinski definition) is 6. The lowest BCUT2D eigenvalue weighted by Gasteiger charge is -2.18. The van der Waals surface area contributed by atoms with Crippen LogP contribution in [0.5, 0.6) is 11.6 Å². The first-order chi connectivity index (χ1) is 15.5. The molecule has 1 aromatic heterocycles. The molecule has 9 nitrogen and oxygen atoms in total. The SMILES string of the molecule is NC(=O)CN1Cc2ccc(N3CCC(Oc4ccc(OCC5CC5)nc4)C3=O)cc2C1=O. The highest BCUT2D eigenvalue weighted by Gasteiger charge is 2.36. The Bertz CT molecular complexity index is 1070. The minimum atomic E-state index is -0.620. The quantitative estimate of drug-likeness (QED) is 0.671. The Morgan fingerprint density at radius 2 is 2.00 bits per heavy atom. The number of aromatic nitrogens is 1. The number of rotatable bonds is 8. The van der Waals surface area contributed by atoms with Gasteiger partial charge in [0.25, 0.3) is 11.8 Å². The van der Waals surface area contributed by atoms with Crippen LogP contribution in [0.1, 0.15) is 35.2 Å². The van der Waals surface area contributed by atoms with E-state index < -0.39 is 12.0 Å². The number of ether oxygens (including phenoxy) is 2. The molecular weight excluding hydrogens is 412 g/mol. The van der Waals surface area contributed by atoms with E-state index in [1.54, 1.807) is 29.3 Å². The van der Waals surface area contributed by atoms with Crippen molar-refractivity contribution < 1.29 is 23.9 Å². The number of pyridine rings is 1. The lowest BCUT2D eigenvalue weighted by molar-refractivity contribution is -0.123. The summed E-state index contributed by atoms with van der Waals surface area (Å²) in [5.41, 5.74) is 7.16. The minimum absolute atomic E-state index is 0.125. The molecule has 3 amide bonds. The number of nitrogens with two attached hydrogens (primary N) is 1. The van der Waals surface area contributed by atoms with Crippen LogP contribution in [0.3, 0.4) is 0 Å². The third kappa shape index (κ3) is 4.10. The number of anilines is 1. The van der Waals surface area contributed by atoms with Crippen molar-refractivity contribution in [2.45, 2.75) is 31.9 Å². The standard InChI is InChI=1S/C23H24N4O5/c24-20(28)12-26-11-15-3-4-16(9-18(15)22(26)29)27-8-7-19(23(27)30)32-17-5-6-21(25-10-17)31-13-14-1-2-14/h3-6,9-10,14,19H,1-2,7-8,11-13H2,(H2,24,28). The topological polar surface area (TPSA) is 115 Å². The molecule has 1 saturated heterocycles. The van der Waals surface area contributed by atoms with Crippen molar-refractivity contribution in [2.24, 2.45) is 11.7 Å². The number of fused-ring (bicyclic) bond motifs is 1. The summed E-state index contributed by atoms with van der Waals surface area (Å²) >= 11 is 0. The second kappa shape index (κ2) is 8.14. The van der Waals surface area contributed by atoms with E-state index in [0.29, 0.717) is 54.9 Å². The van der Waals surface area contributed by atoms with Gasteiger partial charge in [-0.1, -0.05) is 6.07 Å². The molecule has 2 N–H and O–H groups in total. The van der Waals surface area contributed by atoms with Gasteiger partial charge in [-0.25, -0.2) is 4.98 Å². The summed E-state index contributed by atoms with van der Waals surface area (Å²) in [6.07, 6.45) is 3.90. The van der Waals surface area contributed by atoms with Crippen LogP contribution in [0, 0.1) is 5.92 Å². The van der Waals surface area contributed by atoms with Gasteiger partial charge < -0.3 is 25.0 Å². The van der Waals surface area contributed by atoms with Crippen LogP contribution in [-0.4, -0.2) is 53.4 Å². The van der Waals surface area contributed by atoms with E-state index in [0.717, 1.165) is 5.56 Å². The fourth-order valence-electron chi connectivity index (χ4n) is 4.03. The van der Waals surface area contributed by atoms with Gasteiger partial charge in [0, 0.05) is 36.8 Å². The van der Waals surface area contributed by atoms with Gasteiger partial charge in [-0.3, -0.25) is 14.4 Å². The van der Waals surface area contributed by atoms with E-state index in [1.165, 1.54) is 17.7 Å². The van der Waals surface area contributed by atoms with Gasteiger partial charge in [0.15, 0.2) is 6.10 Å². The molecule has 5 rings (SSSR count). The molecule has 2 fully saturated rings. The third-order valence-corrected chi connectivity index (χ3v) is 5.94. The fraction of sp³-hybridized carbons (Fsp3) is 0.391. The van der Waals surface area contributed by atoms with Crippen LogP contribution in [0.15, 0.2) is 36.5 Å². The number of carbonyl (C=O) groups is 3. The van der Waals surface area contributed by atoms with E-state index in [-0.39, 0.29) is 18.4 Å². The van der Waals surface area contributed by atoms with Gasteiger partial charge in [-0.05, 0) is 42.5 Å². The van der Waals surface area contributed by atoms with E-state index >= 15 is 0 Å². The number of benzene rings is 1. The molecule has 2 aromatic rings. The Hall–Kier alpha value is -3.62. The van der Waals surface area contributed by atoms with Crippen molar-refractivity contribution >= 4 is 23.4 Å². The molecule has 9 heteroatoms. The summed E-state index contributed by atoms with van der Waals surface area (Å²) in [4.78, 5) is 44.0. The number of nitrogens with zero attached hydrogens (tertiary/aromatic N) is 3. The summed E-state index contributed by atoms with van der Waals surface area (Å²) in [5.74, 6) is 0.731. The summed E-state index contributed by atoms with van der Waals surface area (Å²) in [6, 6.07) is 8.83. The molecule has 1 aliphatic carbocycles. The van der Waals surface area contributed by atoms with Crippen molar-refractivity contribution in [3.63, 3.8) is 0 Å². The summed E-state index contributed by atoms with van der Waals surface area (Å²) < 4.78 is 11.5. The molecule has 1 aromatic carbocycles. The summed E-state index contributed by atoms with van der Waals surface area (Å²) in [7, 11) is 0. The molecule has 1 saturated carbocycles. The average Bonchev–Trinajstić information content (AvgIpc) is 3.48. The molecule has 166 valence electrons. The van der Waals surface area contributed by atoms with E-state index in [9.17, 15) is 14.4 Å². The zero-order valence-corrected chi connectivity index (χ0v) is 17.5. The number of hydrogen-bond donors (Lipinski definition) is 1. The predicted octanol–water partition coefficient (Wildman–Crippen LogP) is 1.50. The van der Waals surface area contributed by atoms with Crippen LogP contribution in [0.2, 0.25) is 0 Å². The Morgan fingerprint density at radius 1 is 1.16 bits per heavy atom. The van der Waals surface area contributed by atoms with Gasteiger partial charge in [-0.15, -0.1) is 0 Å². The zero-order chi connectivity index (χ0) is 22.2. The van der Waals surface area contributed by atoms with Gasteiger partial charge >= 0.3 is 0 Å². The molecule has 32 heavy (non-hydrogen) atoms. The molecule has 1 atom stereocenters. The molecule has 0 bridgehead atoms. The highest BCUT2D eigenvalue weighted by molar-refractivity contribution is 6.03. The van der Waals surface area contributed by atoms with Gasteiger partial charge in [0.05, 0.1) is 19.3 Å². The lowest BCUT2D eigenvalue weighted by atomic mass is 10.1. The predicted molar refractivity (Wildman–Crippen MR) is 114 cm³/mol. The van der Waals surface area contributed by atoms with Crippen LogP contribution in [0.4, 0.5) is 5.69 Å². The summed E-state index contributed by atoms with van der Waals surface area (Å²) in [6.45, 7) is 1.38. The van der Waals surface area contributed by atoms with Crippen molar-refractivity contribution in [1.29, 1.82) is 0 Å². The fourth-order valence-corrected chi connectivity index (χ4v) is 4.03. The lowest BCUT2D eigenvalue weighted by Crippen LogP contribution is -2.34. The van der Waals surface area contributed by atoms with Gasteiger partial charge in [0.2, 0.25) is 11.8 Å². The molecule has 0 radical (unpaired) electrons. The Morgan fingerprint density at radius 3 is 2.72 bits per heavy atom. The maximum atomic E-state index is 13.0. The van der Waals surface area contributed by atoms with Crippen molar-refractivity contribution in [1.82, 2.24) is 9.88 Å². The molecule has 2 aliphatic heterocycles. The molecule has 1 unspecified atom stereocenters. The van der Waals surface area contributed by atoms with Crippen molar-refractivity contribution in [3.8, 4) is 11.6 Å². The van der Waals surface area contributed by atoms with E-state index in [1.807, 2.05) is 12.1 Å². The highest BCUT2D eigenvalue weighted by Crippen LogP contribution is 2.31. The first kappa shape index (κ1) is 20.3. The number of amides is 3. The van der Waals surface area contributed by atoms with Gasteiger partial charge in [-0.2, -0.15) is 0 Å². The maximum Gasteiger partial charge on any atom is 0.268 e. The number of primary amides is 1. The maximum absolute atomic E-state index is 13.0. The molecule has 3 heterocycles.